The number of fused-ring (bicyclic) bond motifs is 1. The van der Waals surface area contributed by atoms with E-state index in [-0.39, 0.29) is 19.6 Å². The predicted molar refractivity (Wildman–Crippen MR) is 94.1 cm³/mol. The van der Waals surface area contributed by atoms with Crippen molar-refractivity contribution in [1.29, 1.82) is 5.26 Å². The number of nitriles is 1. The Hall–Kier alpha value is -2.65. The molecule has 0 bridgehead atoms. The van der Waals surface area contributed by atoms with E-state index in [0.29, 0.717) is 17.0 Å². The normalized spacial score (nSPS) is 25.3. The highest BCUT2D eigenvalue weighted by Gasteiger charge is 2.45. The van der Waals surface area contributed by atoms with Crippen molar-refractivity contribution >= 4 is 23.3 Å². The fraction of sp³-hybridized carbons (Fsp3) is 0.562. The minimum absolute atomic E-state index is 0.135. The first kappa shape index (κ1) is 19.1. The van der Waals surface area contributed by atoms with Crippen LogP contribution >= 0.6 is 0 Å². The summed E-state index contributed by atoms with van der Waals surface area (Å²) in [7, 11) is 3.68. The molecule has 11 nitrogen and oxygen atoms in total. The minimum Gasteiger partial charge on any atom is -0.394 e. The average Bonchev–Trinajstić information content (AvgIpc) is 3.22. The van der Waals surface area contributed by atoms with Gasteiger partial charge in [0.05, 0.1) is 38.4 Å². The van der Waals surface area contributed by atoms with Crippen molar-refractivity contribution in [1.82, 2.24) is 24.4 Å². The van der Waals surface area contributed by atoms with Gasteiger partial charge >= 0.3 is 0 Å². The van der Waals surface area contributed by atoms with Gasteiger partial charge in [0.25, 0.3) is 0 Å². The van der Waals surface area contributed by atoms with E-state index in [1.54, 1.807) is 15.8 Å². The Kier molecular flexibility index (Phi) is 5.92. The molecule has 27 heavy (non-hydrogen) atoms. The van der Waals surface area contributed by atoms with E-state index in [1.165, 1.54) is 12.7 Å². The predicted octanol–water partition coefficient (Wildman–Crippen LogP) is -0.403. The molecule has 0 amide bonds. The van der Waals surface area contributed by atoms with Crippen molar-refractivity contribution in [2.75, 3.05) is 27.3 Å². The fourth-order valence-electron chi connectivity index (χ4n) is 2.80. The van der Waals surface area contributed by atoms with E-state index in [2.05, 4.69) is 19.9 Å². The van der Waals surface area contributed by atoms with E-state index in [0.717, 1.165) is 0 Å². The molecule has 2 aromatic heterocycles. The van der Waals surface area contributed by atoms with Gasteiger partial charge in [0.1, 0.15) is 24.6 Å². The maximum absolute atomic E-state index is 10.4. The van der Waals surface area contributed by atoms with E-state index in [4.69, 9.17) is 14.7 Å². The van der Waals surface area contributed by atoms with Gasteiger partial charge in [-0.15, -0.1) is 0 Å². The number of aliphatic hydroxyl groups is 2. The monoisotopic (exact) mass is 375 g/mol. The van der Waals surface area contributed by atoms with E-state index in [1.807, 2.05) is 20.2 Å². The van der Waals surface area contributed by atoms with E-state index in [9.17, 15) is 10.2 Å². The molecule has 3 heterocycles. The van der Waals surface area contributed by atoms with Crippen molar-refractivity contribution in [3.8, 4) is 6.07 Å². The summed E-state index contributed by atoms with van der Waals surface area (Å²) in [5.41, 5.74) is 0.928. The largest absolute Gasteiger partial charge is 0.394 e. The maximum Gasteiger partial charge on any atom is 0.184 e. The first-order valence-corrected chi connectivity index (χ1v) is 8.38. The molecule has 4 atom stereocenters. The van der Waals surface area contributed by atoms with Gasteiger partial charge in [-0.25, -0.2) is 19.9 Å². The first-order chi connectivity index (χ1) is 13.1. The average molecular weight is 375 g/mol. The molecule has 0 spiro atoms. The topological polar surface area (TPSA) is 142 Å². The zero-order valence-corrected chi connectivity index (χ0v) is 15.0. The third kappa shape index (κ3) is 3.88. The summed E-state index contributed by atoms with van der Waals surface area (Å²) in [5, 5.41) is 28.6. The van der Waals surface area contributed by atoms with Gasteiger partial charge in [-0.3, -0.25) is 4.57 Å². The number of aromatic nitrogens is 4. The van der Waals surface area contributed by atoms with Crippen LogP contribution in [0.1, 0.15) is 12.6 Å². The van der Waals surface area contributed by atoms with Gasteiger partial charge in [-0.1, -0.05) is 0 Å². The highest BCUT2D eigenvalue weighted by Crippen LogP contribution is 2.34. The number of ether oxygens (including phenoxy) is 2. The van der Waals surface area contributed by atoms with Gasteiger partial charge in [-0.2, -0.15) is 5.26 Å². The third-order valence-corrected chi connectivity index (χ3v) is 4.04. The van der Waals surface area contributed by atoms with Gasteiger partial charge in [0, 0.05) is 14.1 Å². The molecule has 1 saturated heterocycles. The summed E-state index contributed by atoms with van der Waals surface area (Å²) in [4.78, 5) is 18.8. The van der Waals surface area contributed by atoms with Crippen molar-refractivity contribution in [3.63, 3.8) is 0 Å². The summed E-state index contributed by atoms with van der Waals surface area (Å²) in [6, 6.07) is 1.99. The molecular formula is C16H21N7O4. The Morgan fingerprint density at radius 3 is 2.96 bits per heavy atom. The molecule has 144 valence electrons. The van der Waals surface area contributed by atoms with Crippen molar-refractivity contribution in [2.24, 2.45) is 4.99 Å². The lowest BCUT2D eigenvalue weighted by atomic mass is 10.1. The van der Waals surface area contributed by atoms with E-state index < -0.39 is 24.5 Å². The standard InChI is InChI=1S/C16H21N7O4/c1-22(2)8-21-14-11-15(19-7-18-14)23(9-20-11)16-13(26-5-3-4-17)12(25)10(6-24)27-16/h7-10,12-13,16,24-25H,3,5-6H2,1-2H3/b21-8+/t10-,12?,13?,16-/m1/s1. The summed E-state index contributed by atoms with van der Waals surface area (Å²) in [5.74, 6) is 0.395. The van der Waals surface area contributed by atoms with Crippen LogP contribution in [-0.4, -0.2) is 86.6 Å². The molecule has 1 aliphatic heterocycles. The lowest BCUT2D eigenvalue weighted by molar-refractivity contribution is -0.0693. The lowest BCUT2D eigenvalue weighted by Crippen LogP contribution is -2.35. The molecule has 1 aliphatic rings. The molecule has 2 N–H and O–H groups in total. The molecule has 11 heteroatoms. The van der Waals surface area contributed by atoms with Crippen molar-refractivity contribution in [2.45, 2.75) is 31.0 Å². The molecule has 0 aliphatic carbocycles. The number of nitrogens with zero attached hydrogens (tertiary/aromatic N) is 7. The number of rotatable bonds is 7. The molecule has 0 radical (unpaired) electrons. The van der Waals surface area contributed by atoms with Crippen LogP contribution in [0.15, 0.2) is 17.6 Å². The van der Waals surface area contributed by atoms with Gasteiger partial charge < -0.3 is 24.6 Å². The summed E-state index contributed by atoms with van der Waals surface area (Å²) in [6.07, 6.45) is 1.24. The Bertz CT molecular complexity index is 847. The van der Waals surface area contributed by atoms with Crippen LogP contribution in [0.25, 0.3) is 11.2 Å². The second kappa shape index (κ2) is 8.36. The van der Waals surface area contributed by atoms with Gasteiger partial charge in [-0.05, 0) is 0 Å². The zero-order valence-electron chi connectivity index (χ0n) is 15.0. The highest BCUT2D eigenvalue weighted by atomic mass is 16.6. The number of hydrogen-bond donors (Lipinski definition) is 2. The third-order valence-electron chi connectivity index (χ3n) is 4.04. The molecule has 2 unspecified atom stereocenters. The van der Waals surface area contributed by atoms with Crippen LogP contribution in [0, 0.1) is 11.3 Å². The van der Waals surface area contributed by atoms with Gasteiger partial charge in [0.15, 0.2) is 23.2 Å². The van der Waals surface area contributed by atoms with Crippen LogP contribution < -0.4 is 0 Å². The Morgan fingerprint density at radius 2 is 2.26 bits per heavy atom. The van der Waals surface area contributed by atoms with Crippen LogP contribution in [0.2, 0.25) is 0 Å². The SMILES string of the molecule is CN(C)/C=N/c1ncnc2c1ncn2[C@@H]1O[C@H](CO)C(O)C1OCCC#N. The number of imidazole rings is 1. The Balaban J connectivity index is 1.95. The van der Waals surface area contributed by atoms with Crippen LogP contribution in [0.5, 0.6) is 0 Å². The highest BCUT2D eigenvalue weighted by molar-refractivity contribution is 5.82. The zero-order chi connectivity index (χ0) is 19.4. The molecule has 3 rings (SSSR count). The van der Waals surface area contributed by atoms with Crippen molar-refractivity contribution < 1.29 is 19.7 Å². The summed E-state index contributed by atoms with van der Waals surface area (Å²) < 4.78 is 13.0. The minimum atomic E-state index is -1.05. The molecule has 1 fully saturated rings. The van der Waals surface area contributed by atoms with Crippen LogP contribution in [0.3, 0.4) is 0 Å². The van der Waals surface area contributed by atoms with Gasteiger partial charge in [0.2, 0.25) is 0 Å². The van der Waals surface area contributed by atoms with Crippen LogP contribution in [0.4, 0.5) is 5.82 Å². The van der Waals surface area contributed by atoms with E-state index >= 15 is 0 Å². The summed E-state index contributed by atoms with van der Waals surface area (Å²) in [6.45, 7) is -0.230. The van der Waals surface area contributed by atoms with Crippen LogP contribution in [-0.2, 0) is 9.47 Å². The molecule has 0 aromatic carbocycles. The maximum atomic E-state index is 10.4. The fourth-order valence-corrected chi connectivity index (χ4v) is 2.80. The Morgan fingerprint density at radius 1 is 1.44 bits per heavy atom. The van der Waals surface area contributed by atoms with Crippen molar-refractivity contribution in [3.05, 3.63) is 12.7 Å². The first-order valence-electron chi connectivity index (χ1n) is 8.38. The molecule has 2 aromatic rings. The quantitative estimate of drug-likeness (QED) is 0.375. The smallest absolute Gasteiger partial charge is 0.184 e. The number of aliphatic imine (C=N–C) groups is 1. The molecule has 0 saturated carbocycles. The number of aliphatic hydroxyl groups excluding tert-OH is 2. The second-order valence-electron chi connectivity index (χ2n) is 6.21. The second-order valence-corrected chi connectivity index (χ2v) is 6.21. The lowest BCUT2D eigenvalue weighted by Gasteiger charge is -2.21. The molecular weight excluding hydrogens is 354 g/mol. The summed E-state index contributed by atoms with van der Waals surface area (Å²) >= 11 is 0. The Labute approximate surface area is 155 Å². The number of hydrogen-bond acceptors (Lipinski definition) is 9.